The van der Waals surface area contributed by atoms with Gasteiger partial charge in [-0.15, -0.1) is 0 Å². The third-order valence-corrected chi connectivity index (χ3v) is 5.12. The van der Waals surface area contributed by atoms with Gasteiger partial charge in [-0.3, -0.25) is 4.79 Å². The molecule has 3 rings (SSSR count). The molecular formula is C18H24F3N3O2. The van der Waals surface area contributed by atoms with Crippen molar-refractivity contribution in [3.63, 3.8) is 0 Å². The Kier molecular flexibility index (Phi) is 6.01. The number of rotatable bonds is 4. The molecule has 1 saturated carbocycles. The molecule has 2 fully saturated rings. The number of aromatic nitrogens is 1. The van der Waals surface area contributed by atoms with Crippen molar-refractivity contribution in [2.24, 2.45) is 11.8 Å². The van der Waals surface area contributed by atoms with Crippen molar-refractivity contribution in [1.82, 2.24) is 10.3 Å². The van der Waals surface area contributed by atoms with E-state index in [4.69, 9.17) is 4.74 Å². The highest BCUT2D eigenvalue weighted by Gasteiger charge is 2.43. The molecule has 2 aliphatic rings. The Bertz CT molecular complexity index is 618. The summed E-state index contributed by atoms with van der Waals surface area (Å²) in [5.41, 5.74) is 0.887. The minimum atomic E-state index is -4.21. The minimum absolute atomic E-state index is 0.106. The molecule has 1 aliphatic carbocycles. The Morgan fingerprint density at radius 1 is 1.31 bits per heavy atom. The van der Waals surface area contributed by atoms with Crippen molar-refractivity contribution in [1.29, 1.82) is 0 Å². The number of hydrogen-bond acceptors (Lipinski definition) is 4. The Morgan fingerprint density at radius 3 is 2.81 bits per heavy atom. The zero-order valence-electron chi connectivity index (χ0n) is 14.6. The zero-order chi connectivity index (χ0) is 18.6. The van der Waals surface area contributed by atoms with E-state index in [0.29, 0.717) is 32.6 Å². The summed E-state index contributed by atoms with van der Waals surface area (Å²) in [6.45, 7) is 3.15. The second-order valence-electron chi connectivity index (χ2n) is 6.94. The van der Waals surface area contributed by atoms with Crippen LogP contribution in [0.25, 0.3) is 0 Å². The number of carbonyl (C=O) groups is 1. The van der Waals surface area contributed by atoms with Gasteiger partial charge in [0.15, 0.2) is 0 Å². The Labute approximate surface area is 150 Å². The number of alkyl halides is 3. The minimum Gasteiger partial charge on any atom is -0.378 e. The lowest BCUT2D eigenvalue weighted by Gasteiger charge is -2.30. The van der Waals surface area contributed by atoms with E-state index < -0.39 is 18.0 Å². The quantitative estimate of drug-likeness (QED) is 0.884. The van der Waals surface area contributed by atoms with E-state index in [0.717, 1.165) is 24.5 Å². The fourth-order valence-electron chi connectivity index (χ4n) is 3.59. The number of hydrogen-bond donors (Lipinski definition) is 1. The predicted octanol–water partition coefficient (Wildman–Crippen LogP) is 2.90. The maximum Gasteiger partial charge on any atom is 0.391 e. The first-order chi connectivity index (χ1) is 12.4. The molecule has 1 aromatic rings. The molecule has 1 aromatic heterocycles. The average Bonchev–Trinajstić information content (AvgIpc) is 2.66. The number of ether oxygens (including phenoxy) is 1. The summed E-state index contributed by atoms with van der Waals surface area (Å²) in [5.74, 6) is -1.38. The van der Waals surface area contributed by atoms with Crippen LogP contribution in [0.2, 0.25) is 0 Å². The van der Waals surface area contributed by atoms with Crippen molar-refractivity contribution in [3.8, 4) is 0 Å². The maximum atomic E-state index is 12.9. The molecule has 0 radical (unpaired) electrons. The van der Waals surface area contributed by atoms with Gasteiger partial charge in [0.05, 0.1) is 19.1 Å². The smallest absolute Gasteiger partial charge is 0.378 e. The van der Waals surface area contributed by atoms with E-state index in [1.807, 2.05) is 12.1 Å². The lowest BCUT2D eigenvalue weighted by Crippen LogP contribution is -2.37. The van der Waals surface area contributed by atoms with Crippen LogP contribution in [0.5, 0.6) is 0 Å². The zero-order valence-corrected chi connectivity index (χ0v) is 14.6. The highest BCUT2D eigenvalue weighted by Crippen LogP contribution is 2.39. The predicted molar refractivity (Wildman–Crippen MR) is 90.6 cm³/mol. The molecule has 1 N–H and O–H groups in total. The van der Waals surface area contributed by atoms with Gasteiger partial charge in [-0.25, -0.2) is 4.98 Å². The van der Waals surface area contributed by atoms with Crippen molar-refractivity contribution in [3.05, 3.63) is 23.9 Å². The summed E-state index contributed by atoms with van der Waals surface area (Å²) in [4.78, 5) is 18.8. The maximum absolute atomic E-state index is 12.9. The lowest BCUT2D eigenvalue weighted by atomic mass is 9.80. The Hall–Kier alpha value is -1.83. The van der Waals surface area contributed by atoms with Gasteiger partial charge in [0.2, 0.25) is 5.91 Å². The molecule has 0 unspecified atom stereocenters. The topological polar surface area (TPSA) is 54.5 Å². The first-order valence-corrected chi connectivity index (χ1v) is 9.05. The van der Waals surface area contributed by atoms with E-state index in [2.05, 4.69) is 15.2 Å². The lowest BCUT2D eigenvalue weighted by molar-refractivity contribution is -0.186. The highest BCUT2D eigenvalue weighted by atomic mass is 19.4. The van der Waals surface area contributed by atoms with Gasteiger partial charge in [-0.05, 0) is 37.0 Å². The Morgan fingerprint density at radius 2 is 2.08 bits per heavy atom. The average molecular weight is 371 g/mol. The Balaban J connectivity index is 1.54. The molecule has 1 saturated heterocycles. The van der Waals surface area contributed by atoms with Crippen LogP contribution >= 0.6 is 0 Å². The molecule has 1 aliphatic heterocycles. The van der Waals surface area contributed by atoms with E-state index in [-0.39, 0.29) is 18.7 Å². The van der Waals surface area contributed by atoms with Crippen molar-refractivity contribution >= 4 is 11.7 Å². The van der Waals surface area contributed by atoms with Crippen molar-refractivity contribution < 1.29 is 22.7 Å². The van der Waals surface area contributed by atoms with E-state index in [1.54, 1.807) is 6.20 Å². The summed E-state index contributed by atoms with van der Waals surface area (Å²) in [6, 6.07) is 3.72. The third-order valence-electron chi connectivity index (χ3n) is 5.12. The second-order valence-corrected chi connectivity index (χ2v) is 6.94. The molecule has 0 aromatic carbocycles. The molecule has 0 spiro atoms. The van der Waals surface area contributed by atoms with Gasteiger partial charge in [0.1, 0.15) is 5.82 Å². The molecular weight excluding hydrogens is 347 g/mol. The van der Waals surface area contributed by atoms with Gasteiger partial charge in [0.25, 0.3) is 0 Å². The molecule has 2 heterocycles. The number of nitrogens with one attached hydrogen (secondary N) is 1. The van der Waals surface area contributed by atoms with Gasteiger partial charge < -0.3 is 15.0 Å². The summed E-state index contributed by atoms with van der Waals surface area (Å²) in [7, 11) is 0. The molecule has 2 atom stereocenters. The van der Waals surface area contributed by atoms with E-state index in [9.17, 15) is 18.0 Å². The van der Waals surface area contributed by atoms with E-state index >= 15 is 0 Å². The normalized spacial score (nSPS) is 24.3. The van der Waals surface area contributed by atoms with Gasteiger partial charge in [-0.2, -0.15) is 13.2 Å². The van der Waals surface area contributed by atoms with Crippen LogP contribution in [-0.4, -0.2) is 43.4 Å². The number of halogens is 3. The first kappa shape index (κ1) is 18.9. The van der Waals surface area contributed by atoms with Gasteiger partial charge in [0, 0.05) is 31.7 Å². The fraction of sp³-hybridized carbons (Fsp3) is 0.667. The van der Waals surface area contributed by atoms with Crippen LogP contribution < -0.4 is 10.2 Å². The summed E-state index contributed by atoms with van der Waals surface area (Å²) < 4.78 is 44.0. The number of carbonyl (C=O) groups excluding carboxylic acids is 1. The number of pyridine rings is 1. The van der Waals surface area contributed by atoms with Crippen LogP contribution in [0.15, 0.2) is 18.3 Å². The first-order valence-electron chi connectivity index (χ1n) is 9.05. The second kappa shape index (κ2) is 8.24. The van der Waals surface area contributed by atoms with Gasteiger partial charge >= 0.3 is 6.18 Å². The third kappa shape index (κ3) is 4.87. The molecule has 144 valence electrons. The monoisotopic (exact) mass is 371 g/mol. The van der Waals surface area contributed by atoms with Crippen LogP contribution in [0.4, 0.5) is 19.0 Å². The number of amides is 1. The van der Waals surface area contributed by atoms with Crippen LogP contribution in [0, 0.1) is 11.8 Å². The highest BCUT2D eigenvalue weighted by molar-refractivity contribution is 5.78. The summed E-state index contributed by atoms with van der Waals surface area (Å²) in [5, 5.41) is 2.79. The number of nitrogens with zero attached hydrogens (tertiary/aromatic N) is 2. The van der Waals surface area contributed by atoms with Crippen LogP contribution in [0.3, 0.4) is 0 Å². The number of anilines is 1. The van der Waals surface area contributed by atoms with Crippen LogP contribution in [0.1, 0.15) is 31.2 Å². The van der Waals surface area contributed by atoms with Crippen LogP contribution in [-0.2, 0) is 16.1 Å². The standard InChI is InChI=1S/C18H24F3N3O2/c19-18(20,21)15-3-1-2-14(11-15)17(25)23-12-13-4-5-22-16(10-13)24-6-8-26-9-7-24/h4-5,10,14-15H,1-3,6-9,11-12H2,(H,23,25)/t14-,15+/m1/s1. The van der Waals surface area contributed by atoms with Gasteiger partial charge in [-0.1, -0.05) is 6.42 Å². The summed E-state index contributed by atoms with van der Waals surface area (Å²) >= 11 is 0. The molecule has 26 heavy (non-hydrogen) atoms. The molecule has 0 bridgehead atoms. The SMILES string of the molecule is O=C(NCc1ccnc(N2CCOCC2)c1)[C@@H]1CCC[C@H](C(F)(F)F)C1. The van der Waals surface area contributed by atoms with E-state index in [1.165, 1.54) is 0 Å². The summed E-state index contributed by atoms with van der Waals surface area (Å²) in [6.07, 6.45) is -1.54. The number of morpholine rings is 1. The fourth-order valence-corrected chi connectivity index (χ4v) is 3.59. The van der Waals surface area contributed by atoms with Crippen molar-refractivity contribution in [2.45, 2.75) is 38.4 Å². The largest absolute Gasteiger partial charge is 0.391 e. The van der Waals surface area contributed by atoms with Crippen molar-refractivity contribution in [2.75, 3.05) is 31.2 Å². The molecule has 1 amide bonds. The molecule has 5 nitrogen and oxygen atoms in total. The molecule has 8 heteroatoms.